The van der Waals surface area contributed by atoms with Gasteiger partial charge in [0.2, 0.25) is 0 Å². The third kappa shape index (κ3) is 13.2. The first-order valence-electron chi connectivity index (χ1n) is 3.55. The summed E-state index contributed by atoms with van der Waals surface area (Å²) in [5.74, 6) is 0. The molecule has 0 rings (SSSR count). The Kier molecular flexibility index (Phi) is 9.32. The van der Waals surface area contributed by atoms with E-state index in [0.717, 1.165) is 4.90 Å². The molecular formula is C4H12NNaO7P2. The van der Waals surface area contributed by atoms with Crippen molar-refractivity contribution in [3.05, 3.63) is 0 Å². The van der Waals surface area contributed by atoms with E-state index in [9.17, 15) is 14.0 Å². The van der Waals surface area contributed by atoms with Crippen LogP contribution in [0.5, 0.6) is 0 Å². The third-order valence-corrected chi connectivity index (χ3v) is 2.71. The van der Waals surface area contributed by atoms with Gasteiger partial charge in [0.25, 0.3) is 0 Å². The SMILES string of the molecule is O=P([O-])(O)CN(CCO)CP(=O)(O)O.[Na+]. The summed E-state index contributed by atoms with van der Waals surface area (Å²) in [4.78, 5) is 36.7. The molecule has 0 aliphatic carbocycles. The largest absolute Gasteiger partial charge is 1.00 e. The number of rotatable bonds is 6. The van der Waals surface area contributed by atoms with E-state index in [-0.39, 0.29) is 36.1 Å². The smallest absolute Gasteiger partial charge is 0.778 e. The van der Waals surface area contributed by atoms with Gasteiger partial charge < -0.3 is 29.2 Å². The average molecular weight is 271 g/mol. The minimum Gasteiger partial charge on any atom is -0.778 e. The molecule has 0 aromatic rings. The molecule has 11 heteroatoms. The van der Waals surface area contributed by atoms with Crippen LogP contribution in [0.25, 0.3) is 0 Å². The molecule has 0 aliphatic heterocycles. The van der Waals surface area contributed by atoms with E-state index in [4.69, 9.17) is 19.8 Å². The molecule has 86 valence electrons. The molecule has 0 aliphatic rings. The van der Waals surface area contributed by atoms with Gasteiger partial charge in [-0.3, -0.25) is 9.46 Å². The second kappa shape index (κ2) is 7.53. The Balaban J connectivity index is 0. The summed E-state index contributed by atoms with van der Waals surface area (Å²) in [6.45, 7) is -0.697. The quantitative estimate of drug-likeness (QED) is 0.278. The summed E-state index contributed by atoms with van der Waals surface area (Å²) < 4.78 is 20.9. The molecule has 0 heterocycles. The topological polar surface area (TPSA) is 141 Å². The third-order valence-electron chi connectivity index (χ3n) is 1.18. The van der Waals surface area contributed by atoms with Crippen molar-refractivity contribution in [3.8, 4) is 0 Å². The Morgan fingerprint density at radius 2 is 1.60 bits per heavy atom. The summed E-state index contributed by atoms with van der Waals surface area (Å²) in [6.07, 6.45) is -1.71. The van der Waals surface area contributed by atoms with Crippen molar-refractivity contribution in [1.82, 2.24) is 4.90 Å². The van der Waals surface area contributed by atoms with Crippen LogP contribution in [0, 0.1) is 0 Å². The molecule has 0 fully saturated rings. The van der Waals surface area contributed by atoms with E-state index in [2.05, 4.69) is 0 Å². The molecule has 0 amide bonds. The summed E-state index contributed by atoms with van der Waals surface area (Å²) in [6, 6.07) is 0. The predicted octanol–water partition coefficient (Wildman–Crippen LogP) is -5.08. The summed E-state index contributed by atoms with van der Waals surface area (Å²) in [7, 11) is -9.01. The van der Waals surface area contributed by atoms with Crippen molar-refractivity contribution in [2.45, 2.75) is 0 Å². The fourth-order valence-corrected chi connectivity index (χ4v) is 2.51. The standard InChI is InChI=1S/C4H13NO7P2.Na/c6-2-1-5(3-13(7,8)9)4-14(10,11)12;/h6H,1-4H2,(H2,7,8,9)(H2,10,11,12);/q;+1/p-1. The second-order valence-electron chi connectivity index (χ2n) is 2.70. The zero-order valence-electron chi connectivity index (χ0n) is 8.18. The van der Waals surface area contributed by atoms with Crippen LogP contribution in [0.15, 0.2) is 0 Å². The molecule has 0 aromatic carbocycles. The first kappa shape index (κ1) is 18.6. The van der Waals surface area contributed by atoms with Gasteiger partial charge in [-0.15, -0.1) is 0 Å². The zero-order valence-corrected chi connectivity index (χ0v) is 12.0. The second-order valence-corrected chi connectivity index (χ2v) is 5.87. The normalized spacial score (nSPS) is 15.9. The molecule has 0 spiro atoms. The molecule has 0 radical (unpaired) electrons. The molecule has 1 atom stereocenters. The fourth-order valence-electron chi connectivity index (χ4n) is 0.841. The van der Waals surface area contributed by atoms with E-state index in [0.29, 0.717) is 0 Å². The maximum Gasteiger partial charge on any atom is 1.00 e. The number of hydrogen-bond donors (Lipinski definition) is 4. The molecule has 0 saturated heterocycles. The Bertz CT molecular complexity index is 238. The Morgan fingerprint density at radius 3 is 1.87 bits per heavy atom. The Hall–Kier alpha value is 1.22. The van der Waals surface area contributed by atoms with Gasteiger partial charge in [0, 0.05) is 6.54 Å². The van der Waals surface area contributed by atoms with Crippen LogP contribution in [0.4, 0.5) is 0 Å². The number of hydrogen-bond acceptors (Lipinski definition) is 5. The molecule has 8 nitrogen and oxygen atoms in total. The molecule has 1 unspecified atom stereocenters. The van der Waals surface area contributed by atoms with Crippen LogP contribution in [0.2, 0.25) is 0 Å². The average Bonchev–Trinajstić information content (AvgIpc) is 1.78. The number of aliphatic hydroxyl groups excluding tert-OH is 1. The number of aliphatic hydroxyl groups is 1. The van der Waals surface area contributed by atoms with Gasteiger partial charge in [-0.25, -0.2) is 0 Å². The molecule has 15 heavy (non-hydrogen) atoms. The van der Waals surface area contributed by atoms with Crippen LogP contribution in [-0.4, -0.2) is 50.4 Å². The Labute approximate surface area is 109 Å². The first-order chi connectivity index (χ1) is 6.14. The van der Waals surface area contributed by atoms with Crippen LogP contribution >= 0.6 is 15.2 Å². The fraction of sp³-hybridized carbons (Fsp3) is 1.00. The molecule has 0 aromatic heterocycles. The van der Waals surface area contributed by atoms with E-state index >= 15 is 0 Å². The van der Waals surface area contributed by atoms with E-state index in [1.54, 1.807) is 0 Å². The van der Waals surface area contributed by atoms with Crippen LogP contribution in [0.3, 0.4) is 0 Å². The van der Waals surface area contributed by atoms with Crippen LogP contribution < -0.4 is 34.5 Å². The van der Waals surface area contributed by atoms with Gasteiger partial charge >= 0.3 is 37.2 Å². The molecule has 4 N–H and O–H groups in total. The van der Waals surface area contributed by atoms with Gasteiger partial charge in [0.1, 0.15) is 13.9 Å². The summed E-state index contributed by atoms with van der Waals surface area (Å²) in [5.41, 5.74) is 0. The van der Waals surface area contributed by atoms with Gasteiger partial charge in [-0.05, 0) is 0 Å². The maximum atomic E-state index is 10.5. The zero-order chi connectivity index (χ0) is 11.4. The summed E-state index contributed by atoms with van der Waals surface area (Å²) in [5, 5.41) is 8.46. The minimum absolute atomic E-state index is 0. The van der Waals surface area contributed by atoms with Gasteiger partial charge in [-0.1, -0.05) is 0 Å². The van der Waals surface area contributed by atoms with Gasteiger partial charge in [-0.2, -0.15) is 0 Å². The van der Waals surface area contributed by atoms with E-state index in [1.807, 2.05) is 0 Å². The minimum atomic E-state index is -4.62. The molecule has 0 bridgehead atoms. The van der Waals surface area contributed by atoms with Crippen molar-refractivity contribution in [2.24, 2.45) is 0 Å². The monoisotopic (exact) mass is 271 g/mol. The Morgan fingerprint density at radius 1 is 1.13 bits per heavy atom. The maximum absolute atomic E-state index is 10.5. The van der Waals surface area contributed by atoms with Crippen molar-refractivity contribution in [3.63, 3.8) is 0 Å². The molecule has 0 saturated carbocycles. The van der Waals surface area contributed by atoms with Crippen molar-refractivity contribution >= 4 is 15.2 Å². The van der Waals surface area contributed by atoms with Crippen molar-refractivity contribution in [2.75, 3.05) is 25.7 Å². The molecular weight excluding hydrogens is 259 g/mol. The predicted molar refractivity (Wildman–Crippen MR) is 45.4 cm³/mol. The van der Waals surface area contributed by atoms with Gasteiger partial charge in [0.15, 0.2) is 0 Å². The van der Waals surface area contributed by atoms with Crippen LogP contribution in [0.1, 0.15) is 0 Å². The van der Waals surface area contributed by atoms with E-state index in [1.165, 1.54) is 0 Å². The number of nitrogens with zero attached hydrogens (tertiary/aromatic N) is 1. The first-order valence-corrected chi connectivity index (χ1v) is 7.11. The van der Waals surface area contributed by atoms with Crippen molar-refractivity contribution in [1.29, 1.82) is 0 Å². The van der Waals surface area contributed by atoms with Crippen molar-refractivity contribution < 1.29 is 63.4 Å². The van der Waals surface area contributed by atoms with E-state index < -0.39 is 34.4 Å². The van der Waals surface area contributed by atoms with Crippen LogP contribution in [-0.2, 0) is 9.13 Å². The van der Waals surface area contributed by atoms with Gasteiger partial charge in [0.05, 0.1) is 12.9 Å². The summed E-state index contributed by atoms with van der Waals surface area (Å²) >= 11 is 0.